The molecule has 0 heterocycles. The maximum atomic E-state index is 5.99. The lowest BCUT2D eigenvalue weighted by atomic mass is 10.1. The molecule has 2 aromatic rings. The fourth-order valence-electron chi connectivity index (χ4n) is 1.27. The molecule has 0 aliphatic carbocycles. The Morgan fingerprint density at radius 1 is 0.769 bits per heavy atom. The SMILES string of the molecule is Clc1cc(Cl)c2cccc(Cl)c2c1. The molecule has 0 bridgehead atoms. The molecule has 0 saturated heterocycles. The lowest BCUT2D eigenvalue weighted by molar-refractivity contribution is 1.74. The highest BCUT2D eigenvalue weighted by Crippen LogP contribution is 2.31. The van der Waals surface area contributed by atoms with Crippen molar-refractivity contribution in [2.75, 3.05) is 0 Å². The largest absolute Gasteiger partial charge is 0.0843 e. The van der Waals surface area contributed by atoms with E-state index in [1.807, 2.05) is 24.3 Å². The molecule has 0 radical (unpaired) electrons. The third-order valence-electron chi connectivity index (χ3n) is 1.86. The van der Waals surface area contributed by atoms with Crippen LogP contribution in [0.1, 0.15) is 0 Å². The van der Waals surface area contributed by atoms with E-state index in [-0.39, 0.29) is 0 Å². The number of hydrogen-bond acceptors (Lipinski definition) is 0. The summed E-state index contributed by atoms with van der Waals surface area (Å²) in [6.07, 6.45) is 0. The van der Waals surface area contributed by atoms with E-state index in [2.05, 4.69) is 0 Å². The first-order valence-corrected chi connectivity index (χ1v) is 4.85. The van der Waals surface area contributed by atoms with Crippen molar-refractivity contribution in [1.29, 1.82) is 0 Å². The minimum Gasteiger partial charge on any atom is -0.0843 e. The van der Waals surface area contributed by atoms with Gasteiger partial charge in [-0.15, -0.1) is 0 Å². The third-order valence-corrected chi connectivity index (χ3v) is 2.72. The summed E-state index contributed by atoms with van der Waals surface area (Å²) in [7, 11) is 0. The first kappa shape index (κ1) is 9.14. The second-order valence-corrected chi connectivity index (χ2v) is 3.97. The van der Waals surface area contributed by atoms with E-state index in [4.69, 9.17) is 34.8 Å². The highest BCUT2D eigenvalue weighted by Gasteiger charge is 2.03. The Kier molecular flexibility index (Phi) is 2.37. The van der Waals surface area contributed by atoms with Gasteiger partial charge in [0.15, 0.2) is 0 Å². The van der Waals surface area contributed by atoms with E-state index in [1.165, 1.54) is 0 Å². The van der Waals surface area contributed by atoms with Crippen LogP contribution in [0.2, 0.25) is 15.1 Å². The zero-order valence-corrected chi connectivity index (χ0v) is 8.79. The first-order valence-electron chi connectivity index (χ1n) is 3.72. The van der Waals surface area contributed by atoms with Crippen molar-refractivity contribution in [3.05, 3.63) is 45.4 Å². The monoisotopic (exact) mass is 230 g/mol. The number of fused-ring (bicyclic) bond motifs is 1. The summed E-state index contributed by atoms with van der Waals surface area (Å²) in [5.41, 5.74) is 0. The van der Waals surface area contributed by atoms with Crippen LogP contribution in [0.3, 0.4) is 0 Å². The average Bonchev–Trinajstić information content (AvgIpc) is 2.07. The number of benzene rings is 2. The van der Waals surface area contributed by atoms with Gasteiger partial charge in [-0.25, -0.2) is 0 Å². The zero-order chi connectivity index (χ0) is 9.42. The van der Waals surface area contributed by atoms with Gasteiger partial charge >= 0.3 is 0 Å². The van der Waals surface area contributed by atoms with Crippen molar-refractivity contribution in [2.24, 2.45) is 0 Å². The second kappa shape index (κ2) is 3.38. The van der Waals surface area contributed by atoms with Crippen molar-refractivity contribution in [3.8, 4) is 0 Å². The fraction of sp³-hybridized carbons (Fsp3) is 0. The summed E-state index contributed by atoms with van der Waals surface area (Å²) >= 11 is 17.8. The molecule has 2 aromatic carbocycles. The summed E-state index contributed by atoms with van der Waals surface area (Å²) < 4.78 is 0. The Labute approximate surface area is 91.0 Å². The summed E-state index contributed by atoms with van der Waals surface area (Å²) in [5, 5.41) is 3.72. The smallest absolute Gasteiger partial charge is 0.0499 e. The van der Waals surface area contributed by atoms with E-state index in [1.54, 1.807) is 6.07 Å². The van der Waals surface area contributed by atoms with Crippen LogP contribution in [0.15, 0.2) is 30.3 Å². The van der Waals surface area contributed by atoms with E-state index in [0.717, 1.165) is 10.8 Å². The van der Waals surface area contributed by atoms with Gasteiger partial charge in [0.05, 0.1) is 0 Å². The van der Waals surface area contributed by atoms with E-state index < -0.39 is 0 Å². The van der Waals surface area contributed by atoms with Crippen molar-refractivity contribution in [3.63, 3.8) is 0 Å². The van der Waals surface area contributed by atoms with Gasteiger partial charge in [-0.3, -0.25) is 0 Å². The first-order chi connectivity index (χ1) is 6.18. The molecule has 0 N–H and O–H groups in total. The van der Waals surface area contributed by atoms with Crippen LogP contribution in [0.25, 0.3) is 10.8 Å². The second-order valence-electron chi connectivity index (χ2n) is 2.72. The van der Waals surface area contributed by atoms with E-state index >= 15 is 0 Å². The van der Waals surface area contributed by atoms with Gasteiger partial charge in [0, 0.05) is 25.8 Å². The van der Waals surface area contributed by atoms with Crippen LogP contribution >= 0.6 is 34.8 Å². The maximum absolute atomic E-state index is 5.99. The van der Waals surface area contributed by atoms with Gasteiger partial charge in [0.1, 0.15) is 0 Å². The Balaban J connectivity index is 2.94. The lowest BCUT2D eigenvalue weighted by Crippen LogP contribution is -1.76. The summed E-state index contributed by atoms with van der Waals surface area (Å²) in [4.78, 5) is 0. The number of rotatable bonds is 0. The number of hydrogen-bond donors (Lipinski definition) is 0. The Morgan fingerprint density at radius 3 is 2.31 bits per heavy atom. The average molecular weight is 232 g/mol. The van der Waals surface area contributed by atoms with E-state index in [0.29, 0.717) is 15.1 Å². The molecular formula is C10H5Cl3. The van der Waals surface area contributed by atoms with E-state index in [9.17, 15) is 0 Å². The van der Waals surface area contributed by atoms with Gasteiger partial charge in [-0.2, -0.15) is 0 Å². The molecule has 0 aromatic heterocycles. The topological polar surface area (TPSA) is 0 Å². The molecule has 3 heteroatoms. The highest BCUT2D eigenvalue weighted by atomic mass is 35.5. The molecule has 0 aliphatic heterocycles. The van der Waals surface area contributed by atoms with Gasteiger partial charge in [0.2, 0.25) is 0 Å². The third kappa shape index (κ3) is 1.62. The van der Waals surface area contributed by atoms with Crippen LogP contribution in [0.4, 0.5) is 0 Å². The molecule has 0 spiro atoms. The lowest BCUT2D eigenvalue weighted by Gasteiger charge is -2.02. The fourth-order valence-corrected chi connectivity index (χ4v) is 2.06. The maximum Gasteiger partial charge on any atom is 0.0499 e. The molecule has 13 heavy (non-hydrogen) atoms. The quantitative estimate of drug-likeness (QED) is 0.611. The zero-order valence-electron chi connectivity index (χ0n) is 6.52. The molecule has 66 valence electrons. The Hall–Kier alpha value is -0.430. The van der Waals surface area contributed by atoms with Gasteiger partial charge in [0.25, 0.3) is 0 Å². The molecule has 2 rings (SSSR count). The number of halogens is 3. The van der Waals surface area contributed by atoms with Crippen LogP contribution in [-0.2, 0) is 0 Å². The van der Waals surface area contributed by atoms with Crippen LogP contribution < -0.4 is 0 Å². The summed E-state index contributed by atoms with van der Waals surface area (Å²) in [5.74, 6) is 0. The van der Waals surface area contributed by atoms with Crippen molar-refractivity contribution >= 4 is 45.6 Å². The van der Waals surface area contributed by atoms with Gasteiger partial charge in [-0.05, 0) is 18.2 Å². The van der Waals surface area contributed by atoms with Gasteiger partial charge in [-0.1, -0.05) is 46.9 Å². The summed E-state index contributed by atoms with van der Waals surface area (Å²) in [6.45, 7) is 0. The predicted octanol–water partition coefficient (Wildman–Crippen LogP) is 4.80. The molecule has 0 atom stereocenters. The van der Waals surface area contributed by atoms with Crippen molar-refractivity contribution < 1.29 is 0 Å². The molecule has 0 saturated carbocycles. The normalized spacial score (nSPS) is 10.7. The Bertz CT molecular complexity index is 463. The molecular weight excluding hydrogens is 226 g/mol. The minimum absolute atomic E-state index is 0.602. The predicted molar refractivity (Wildman–Crippen MR) is 59.0 cm³/mol. The van der Waals surface area contributed by atoms with Crippen LogP contribution in [0, 0.1) is 0 Å². The van der Waals surface area contributed by atoms with Crippen LogP contribution in [0.5, 0.6) is 0 Å². The summed E-state index contributed by atoms with van der Waals surface area (Å²) in [6, 6.07) is 9.12. The van der Waals surface area contributed by atoms with Gasteiger partial charge < -0.3 is 0 Å². The Morgan fingerprint density at radius 2 is 1.54 bits per heavy atom. The molecule has 0 fully saturated rings. The van der Waals surface area contributed by atoms with Crippen molar-refractivity contribution in [2.45, 2.75) is 0 Å². The standard InChI is InChI=1S/C10H5Cl3/c11-6-4-8-7(10(13)5-6)2-1-3-9(8)12/h1-5H. The minimum atomic E-state index is 0.602. The molecule has 0 unspecified atom stereocenters. The molecule has 0 amide bonds. The highest BCUT2D eigenvalue weighted by molar-refractivity contribution is 6.41. The van der Waals surface area contributed by atoms with Crippen molar-refractivity contribution in [1.82, 2.24) is 0 Å². The molecule has 0 nitrogen and oxygen atoms in total. The molecule has 0 aliphatic rings. The van der Waals surface area contributed by atoms with Crippen LogP contribution in [-0.4, -0.2) is 0 Å².